The van der Waals surface area contributed by atoms with Crippen LogP contribution < -0.4 is 10.1 Å². The third-order valence-electron chi connectivity index (χ3n) is 6.08. The first-order chi connectivity index (χ1) is 19.8. The Bertz CT molecular complexity index is 1500. The number of carbonyl (C=O) groups is 3. The van der Waals surface area contributed by atoms with E-state index in [9.17, 15) is 18.8 Å². The van der Waals surface area contributed by atoms with Gasteiger partial charge in [-0.15, -0.1) is 0 Å². The molecule has 3 atom stereocenters. The molecule has 1 N–H and O–H groups in total. The monoisotopic (exact) mass is 502 g/mol. The Hall–Kier alpha value is -3.30. The summed E-state index contributed by atoms with van der Waals surface area (Å²) < 4.78 is 85.0. The summed E-state index contributed by atoms with van der Waals surface area (Å²) in [4.78, 5) is 39.1. The highest BCUT2D eigenvalue weighted by molar-refractivity contribution is 6.05. The molecule has 0 saturated carbocycles. The van der Waals surface area contributed by atoms with Crippen molar-refractivity contribution in [1.29, 1.82) is 0 Å². The van der Waals surface area contributed by atoms with E-state index in [4.69, 9.17) is 19.1 Å². The highest BCUT2D eigenvalue weighted by atomic mass is 19.1. The van der Waals surface area contributed by atoms with Gasteiger partial charge in [0.25, 0.3) is 5.91 Å². The summed E-state index contributed by atoms with van der Waals surface area (Å²) in [6, 6.07) is 6.45. The lowest BCUT2D eigenvalue weighted by atomic mass is 10.0. The number of hydrogen-bond donors (Lipinski definition) is 1. The van der Waals surface area contributed by atoms with Gasteiger partial charge in [-0.05, 0) is 50.1 Å². The highest BCUT2D eigenvalue weighted by Gasteiger charge is 2.40. The molecule has 0 radical (unpaired) electrons. The second-order valence-corrected chi connectivity index (χ2v) is 8.74. The number of halogens is 1. The van der Waals surface area contributed by atoms with Crippen LogP contribution in [0.5, 0.6) is 5.75 Å². The Morgan fingerprint density at radius 3 is 2.72 bits per heavy atom. The van der Waals surface area contributed by atoms with Gasteiger partial charge in [0.2, 0.25) is 11.8 Å². The number of carbonyl (C=O) groups excluding carboxylic acids is 3. The minimum atomic E-state index is -2.66. The molecule has 3 amide bonds. The van der Waals surface area contributed by atoms with Gasteiger partial charge in [0.05, 0.1) is 22.8 Å². The van der Waals surface area contributed by atoms with Gasteiger partial charge in [-0.2, -0.15) is 0 Å². The maximum atomic E-state index is 14.9. The minimum Gasteiger partial charge on any atom is -0.488 e. The van der Waals surface area contributed by atoms with Crippen LogP contribution in [0.4, 0.5) is 4.39 Å². The number of nitrogens with one attached hydrogen (secondary N) is 1. The van der Waals surface area contributed by atoms with E-state index in [2.05, 4.69) is 5.32 Å². The van der Waals surface area contributed by atoms with Crippen molar-refractivity contribution in [2.45, 2.75) is 64.6 Å². The number of nitrogens with zero attached hydrogens (tertiary/aromatic N) is 2. The van der Waals surface area contributed by atoms with Crippen LogP contribution in [-0.2, 0) is 34.0 Å². The van der Waals surface area contributed by atoms with E-state index < -0.39 is 61.3 Å². The van der Waals surface area contributed by atoms with Gasteiger partial charge >= 0.3 is 0 Å². The number of hydrogen-bond acceptors (Lipinski definition) is 6. The molecule has 5 rings (SSSR count). The number of amides is 3. The molecule has 0 aromatic heterocycles. The molecule has 0 bridgehead atoms. The second-order valence-electron chi connectivity index (χ2n) is 8.74. The summed E-state index contributed by atoms with van der Waals surface area (Å²) in [5, 5.41) is 2.10. The van der Waals surface area contributed by atoms with Gasteiger partial charge in [0.15, 0.2) is 0 Å². The first-order valence-electron chi connectivity index (χ1n) is 15.0. The Kier molecular flexibility index (Phi) is 4.77. The maximum absolute atomic E-state index is 14.9. The van der Waals surface area contributed by atoms with E-state index in [1.807, 2.05) is 0 Å². The van der Waals surface area contributed by atoms with Crippen LogP contribution in [0.25, 0.3) is 0 Å². The smallest absolute Gasteiger partial charge is 0.255 e. The molecule has 9 heteroatoms. The fourth-order valence-electron chi connectivity index (χ4n) is 4.46. The van der Waals surface area contributed by atoms with Crippen LogP contribution in [0.3, 0.4) is 0 Å². The fourth-order valence-corrected chi connectivity index (χ4v) is 4.46. The van der Waals surface area contributed by atoms with Crippen molar-refractivity contribution in [3.63, 3.8) is 0 Å². The molecule has 2 aromatic carbocycles. The number of morpholine rings is 1. The van der Waals surface area contributed by atoms with Crippen molar-refractivity contribution in [1.82, 2.24) is 15.1 Å². The predicted octanol–water partition coefficient (Wildman–Crippen LogP) is 2.77. The number of fused-ring (bicyclic) bond motifs is 1. The Balaban J connectivity index is 1.37. The largest absolute Gasteiger partial charge is 0.488 e. The van der Waals surface area contributed by atoms with Gasteiger partial charge in [-0.25, -0.2) is 4.39 Å². The standard InChI is InChI=1S/C27H30FN3O5/c1-16-11-30(12-17(2)36-16)13-18-6-7-22(28)19(10-18)15-35-24-5-3-4-20-21(24)14-31(27(20)34)23-8-9-25(32)29-26(23)33/h3-7,10,16-17,23H,8-9,11-15H2,1-2H3,(H,29,32,33)/i11D2,12D2,16D,17D,23D. The van der Waals surface area contributed by atoms with Gasteiger partial charge in [-0.3, -0.25) is 24.6 Å². The molecule has 2 fully saturated rings. The number of imide groups is 1. The van der Waals surface area contributed by atoms with E-state index in [-0.39, 0.29) is 48.4 Å². The highest BCUT2D eigenvalue weighted by Crippen LogP contribution is 2.34. The first kappa shape index (κ1) is 17.2. The summed E-state index contributed by atoms with van der Waals surface area (Å²) in [7, 11) is 0. The number of piperidine rings is 1. The zero-order valence-electron chi connectivity index (χ0n) is 26.8. The molecular weight excluding hydrogens is 465 g/mol. The quantitative estimate of drug-likeness (QED) is 0.612. The van der Waals surface area contributed by atoms with E-state index in [0.29, 0.717) is 5.56 Å². The first-order valence-corrected chi connectivity index (χ1v) is 11.5. The number of benzene rings is 2. The zero-order valence-corrected chi connectivity index (χ0v) is 19.8. The van der Waals surface area contributed by atoms with E-state index >= 15 is 0 Å². The van der Waals surface area contributed by atoms with Crippen molar-refractivity contribution in [3.05, 3.63) is 64.5 Å². The zero-order chi connectivity index (χ0) is 31.8. The van der Waals surface area contributed by atoms with Gasteiger partial charge in [0.1, 0.15) is 24.2 Å². The SMILES string of the molecule is [2H]C1(N2Cc3c(OCc4cc(CN5C([2H])([2H])C([2H])(C)OC([2H])(C)C5([2H])[2H])ccc4F)cccc3C2=O)CCC(=O)NC1=O. The third-order valence-corrected chi connectivity index (χ3v) is 6.08. The van der Waals surface area contributed by atoms with Crippen molar-refractivity contribution < 1.29 is 37.8 Å². The van der Waals surface area contributed by atoms with Crippen molar-refractivity contribution in [2.75, 3.05) is 13.0 Å². The normalized spacial score (nSPS) is 36.4. The topological polar surface area (TPSA) is 88.2 Å². The van der Waals surface area contributed by atoms with Crippen LogP contribution in [0.1, 0.15) is 63.3 Å². The molecular formula is C27H30FN3O5. The Labute approximate surface area is 219 Å². The third kappa shape index (κ3) is 4.99. The lowest BCUT2D eigenvalue weighted by Crippen LogP contribution is -2.52. The van der Waals surface area contributed by atoms with Crippen molar-refractivity contribution in [3.8, 4) is 5.75 Å². The molecule has 190 valence electrons. The minimum absolute atomic E-state index is 0.0371. The lowest BCUT2D eigenvalue weighted by Gasteiger charge is -2.35. The summed E-state index contributed by atoms with van der Waals surface area (Å²) in [5.74, 6) is -2.44. The van der Waals surface area contributed by atoms with Crippen LogP contribution in [-0.4, -0.2) is 58.7 Å². The Morgan fingerprint density at radius 1 is 1.19 bits per heavy atom. The molecule has 36 heavy (non-hydrogen) atoms. The Morgan fingerprint density at radius 2 is 1.97 bits per heavy atom. The number of ether oxygens (including phenoxy) is 2. The summed E-state index contributed by atoms with van der Waals surface area (Å²) >= 11 is 0. The summed E-state index contributed by atoms with van der Waals surface area (Å²) in [6.07, 6.45) is -4.83. The molecule has 2 aromatic rings. The molecule has 3 aliphatic rings. The molecule has 3 aliphatic heterocycles. The van der Waals surface area contributed by atoms with Gasteiger partial charge in [-0.1, -0.05) is 12.1 Å². The summed E-state index contributed by atoms with van der Waals surface area (Å²) in [5.41, 5.74) is 0.918. The number of rotatable bonds is 6. The lowest BCUT2D eigenvalue weighted by molar-refractivity contribution is -0.136. The molecule has 2 saturated heterocycles. The van der Waals surface area contributed by atoms with Gasteiger partial charge in [0, 0.05) is 48.1 Å². The molecule has 3 heterocycles. The van der Waals surface area contributed by atoms with Crippen molar-refractivity contribution in [2.24, 2.45) is 0 Å². The van der Waals surface area contributed by atoms with Crippen molar-refractivity contribution >= 4 is 17.7 Å². The molecule has 0 spiro atoms. The fraction of sp³-hybridized carbons (Fsp3) is 0.444. The maximum Gasteiger partial charge on any atom is 0.255 e. The van der Waals surface area contributed by atoms with Crippen LogP contribution in [0.2, 0.25) is 0 Å². The van der Waals surface area contributed by atoms with E-state index in [1.165, 1.54) is 18.2 Å². The van der Waals surface area contributed by atoms with Crippen LogP contribution in [0, 0.1) is 5.82 Å². The average Bonchev–Trinajstić information content (AvgIpc) is 3.25. The second kappa shape index (κ2) is 9.99. The summed E-state index contributed by atoms with van der Waals surface area (Å²) in [6.45, 7) is -4.00. The van der Waals surface area contributed by atoms with Crippen LogP contribution in [0.15, 0.2) is 36.4 Å². The predicted molar refractivity (Wildman–Crippen MR) is 129 cm³/mol. The molecule has 3 unspecified atom stereocenters. The molecule has 8 nitrogen and oxygen atoms in total. The van der Waals surface area contributed by atoms with E-state index in [1.54, 1.807) is 12.1 Å². The van der Waals surface area contributed by atoms with Gasteiger partial charge < -0.3 is 14.4 Å². The van der Waals surface area contributed by atoms with Crippen LogP contribution >= 0.6 is 0 Å². The molecule has 0 aliphatic carbocycles. The average molecular weight is 503 g/mol. The van der Waals surface area contributed by atoms with E-state index in [0.717, 1.165) is 29.7 Å².